The minimum absolute atomic E-state index is 0.0657. The molecule has 2 aliphatic heterocycles. The highest BCUT2D eigenvalue weighted by atomic mass is 16.1. The molecule has 26 heavy (non-hydrogen) atoms. The molecule has 0 unspecified atom stereocenters. The molecule has 0 radical (unpaired) electrons. The molecular formula is C21H20N4O. The summed E-state index contributed by atoms with van der Waals surface area (Å²) in [4.78, 5) is 22.5. The SMILES string of the molecule is CN(C)c1ccc(-c2cn3c(=O)c(Cc4ccccc4)nc-3c[nH]2)cc1. The molecule has 5 nitrogen and oxygen atoms in total. The van der Waals surface area contributed by atoms with Crippen molar-refractivity contribution >= 4 is 5.69 Å². The second kappa shape index (κ2) is 6.52. The van der Waals surface area contributed by atoms with Crippen molar-refractivity contribution in [2.24, 2.45) is 0 Å². The zero-order valence-electron chi connectivity index (χ0n) is 14.8. The van der Waals surface area contributed by atoms with Crippen molar-refractivity contribution in [2.45, 2.75) is 6.42 Å². The molecule has 4 rings (SSSR count). The van der Waals surface area contributed by atoms with Gasteiger partial charge in [0.25, 0.3) is 5.56 Å². The summed E-state index contributed by atoms with van der Waals surface area (Å²) >= 11 is 0. The number of nitrogens with one attached hydrogen (secondary N) is 1. The van der Waals surface area contributed by atoms with E-state index in [0.29, 0.717) is 17.9 Å². The largest absolute Gasteiger partial charge is 0.378 e. The number of anilines is 1. The fraction of sp³-hybridized carbons (Fsp3) is 0.143. The van der Waals surface area contributed by atoms with Gasteiger partial charge in [0, 0.05) is 38.6 Å². The molecule has 0 aromatic heterocycles. The van der Waals surface area contributed by atoms with Crippen molar-refractivity contribution in [3.8, 4) is 17.1 Å². The van der Waals surface area contributed by atoms with Crippen LogP contribution in [0.5, 0.6) is 0 Å². The number of rotatable bonds is 4. The number of benzene rings is 2. The van der Waals surface area contributed by atoms with Gasteiger partial charge in [-0.1, -0.05) is 42.5 Å². The first kappa shape index (κ1) is 16.1. The summed E-state index contributed by atoms with van der Waals surface area (Å²) in [6, 6.07) is 18.1. The molecule has 5 heteroatoms. The van der Waals surface area contributed by atoms with Crippen LogP contribution in [0.3, 0.4) is 0 Å². The van der Waals surface area contributed by atoms with Crippen LogP contribution in [0.1, 0.15) is 11.3 Å². The van der Waals surface area contributed by atoms with Crippen molar-refractivity contribution in [1.29, 1.82) is 0 Å². The predicted octanol–water partition coefficient (Wildman–Crippen LogP) is 3.32. The maximum atomic E-state index is 12.7. The van der Waals surface area contributed by atoms with Crippen LogP contribution < -0.4 is 10.5 Å². The molecule has 2 aliphatic rings. The van der Waals surface area contributed by atoms with Crippen LogP contribution in [-0.2, 0) is 6.42 Å². The molecule has 2 aromatic carbocycles. The van der Waals surface area contributed by atoms with Crippen LogP contribution in [0.2, 0.25) is 0 Å². The minimum atomic E-state index is -0.0657. The highest BCUT2D eigenvalue weighted by Crippen LogP contribution is 2.22. The molecule has 0 saturated carbocycles. The number of nitrogens with zero attached hydrogens (tertiary/aromatic N) is 3. The van der Waals surface area contributed by atoms with Gasteiger partial charge in [-0.15, -0.1) is 0 Å². The first-order valence-corrected chi connectivity index (χ1v) is 8.53. The normalized spacial score (nSPS) is 11.0. The van der Waals surface area contributed by atoms with Crippen LogP contribution in [0.25, 0.3) is 17.1 Å². The number of aromatic nitrogens is 3. The second-order valence-corrected chi connectivity index (χ2v) is 6.53. The maximum Gasteiger partial charge on any atom is 0.278 e. The number of hydrogen-bond acceptors (Lipinski definition) is 3. The third-order valence-electron chi connectivity index (χ3n) is 4.49. The quantitative estimate of drug-likeness (QED) is 0.618. The van der Waals surface area contributed by atoms with Gasteiger partial charge in [0.15, 0.2) is 5.82 Å². The number of imidazole rings is 1. The van der Waals surface area contributed by atoms with E-state index in [1.54, 1.807) is 10.8 Å². The molecule has 130 valence electrons. The van der Waals surface area contributed by atoms with Crippen LogP contribution >= 0.6 is 0 Å². The lowest BCUT2D eigenvalue weighted by atomic mass is 10.1. The third-order valence-corrected chi connectivity index (χ3v) is 4.49. The van der Waals surface area contributed by atoms with E-state index in [1.165, 1.54) is 0 Å². The molecular weight excluding hydrogens is 324 g/mol. The van der Waals surface area contributed by atoms with Gasteiger partial charge in [0.05, 0.1) is 5.69 Å². The van der Waals surface area contributed by atoms with Crippen LogP contribution in [0.4, 0.5) is 5.69 Å². The maximum absolute atomic E-state index is 12.7. The fourth-order valence-corrected chi connectivity index (χ4v) is 3.02. The smallest absolute Gasteiger partial charge is 0.278 e. The average molecular weight is 344 g/mol. The van der Waals surface area contributed by atoms with E-state index in [4.69, 9.17) is 0 Å². The van der Waals surface area contributed by atoms with E-state index < -0.39 is 0 Å². The molecule has 0 bridgehead atoms. The van der Waals surface area contributed by atoms with Crippen LogP contribution in [0.15, 0.2) is 71.8 Å². The monoisotopic (exact) mass is 344 g/mol. The summed E-state index contributed by atoms with van der Waals surface area (Å²) in [6.07, 6.45) is 4.14. The standard InChI is InChI=1S/C21H20N4O/c1-24(2)17-10-8-16(9-11-17)19-14-25-20(13-22-19)23-18(21(25)26)12-15-6-4-3-5-7-15/h3-11,13-14,22H,12H2,1-2H3. The van der Waals surface area contributed by atoms with E-state index in [2.05, 4.69) is 27.0 Å². The zero-order chi connectivity index (χ0) is 18.1. The summed E-state index contributed by atoms with van der Waals surface area (Å²) in [5, 5.41) is 0. The first-order valence-electron chi connectivity index (χ1n) is 8.53. The van der Waals surface area contributed by atoms with E-state index in [9.17, 15) is 4.79 Å². The highest BCUT2D eigenvalue weighted by Gasteiger charge is 2.15. The highest BCUT2D eigenvalue weighted by molar-refractivity contribution is 5.63. The van der Waals surface area contributed by atoms with Gasteiger partial charge in [-0.05, 0) is 23.3 Å². The molecule has 0 spiro atoms. The molecule has 0 aliphatic carbocycles. The van der Waals surface area contributed by atoms with E-state index in [-0.39, 0.29) is 5.56 Å². The summed E-state index contributed by atoms with van der Waals surface area (Å²) in [5.74, 6) is 0.634. The lowest BCUT2D eigenvalue weighted by Gasteiger charge is -2.13. The molecule has 0 saturated heterocycles. The Bertz CT molecular complexity index is 1050. The van der Waals surface area contributed by atoms with Gasteiger partial charge in [0.2, 0.25) is 0 Å². The Morgan fingerprint density at radius 1 is 1.04 bits per heavy atom. The fourth-order valence-electron chi connectivity index (χ4n) is 3.02. The molecule has 0 amide bonds. The summed E-state index contributed by atoms with van der Waals surface area (Å²) < 4.78 is 1.62. The Morgan fingerprint density at radius 3 is 2.46 bits per heavy atom. The van der Waals surface area contributed by atoms with E-state index >= 15 is 0 Å². The van der Waals surface area contributed by atoms with Gasteiger partial charge in [-0.3, -0.25) is 9.36 Å². The van der Waals surface area contributed by atoms with Gasteiger partial charge < -0.3 is 9.88 Å². The number of fused-ring (bicyclic) bond motifs is 1. The van der Waals surface area contributed by atoms with Gasteiger partial charge in [-0.2, -0.15) is 0 Å². The molecule has 2 heterocycles. The second-order valence-electron chi connectivity index (χ2n) is 6.53. The Labute approximate surface area is 151 Å². The van der Waals surface area contributed by atoms with Crippen LogP contribution in [0, 0.1) is 0 Å². The lowest BCUT2D eigenvalue weighted by molar-refractivity contribution is 0.971. The average Bonchev–Trinajstić information content (AvgIpc) is 2.98. The number of H-pyrrole nitrogens is 1. The summed E-state index contributed by atoms with van der Waals surface area (Å²) in [7, 11) is 4.02. The van der Waals surface area contributed by atoms with E-state index in [0.717, 1.165) is 22.5 Å². The van der Waals surface area contributed by atoms with Crippen molar-refractivity contribution in [1.82, 2.24) is 14.5 Å². The molecule has 0 atom stereocenters. The summed E-state index contributed by atoms with van der Waals surface area (Å²) in [5.41, 5.74) is 4.61. The first-order chi connectivity index (χ1) is 12.6. The van der Waals surface area contributed by atoms with E-state index in [1.807, 2.05) is 62.8 Å². The van der Waals surface area contributed by atoms with Gasteiger partial charge in [0.1, 0.15) is 5.69 Å². The molecule has 0 fully saturated rings. The predicted molar refractivity (Wildman–Crippen MR) is 104 cm³/mol. The Morgan fingerprint density at radius 2 is 1.77 bits per heavy atom. The van der Waals surface area contributed by atoms with Crippen molar-refractivity contribution < 1.29 is 0 Å². The lowest BCUT2D eigenvalue weighted by Crippen LogP contribution is -2.15. The Kier molecular flexibility index (Phi) is 4.05. The Hall–Kier alpha value is -3.34. The van der Waals surface area contributed by atoms with Gasteiger partial charge in [-0.25, -0.2) is 4.98 Å². The number of hydrogen-bond donors (Lipinski definition) is 1. The summed E-state index contributed by atoms with van der Waals surface area (Å²) in [6.45, 7) is 0. The minimum Gasteiger partial charge on any atom is -0.378 e. The van der Waals surface area contributed by atoms with Crippen molar-refractivity contribution in [2.75, 3.05) is 19.0 Å². The Balaban J connectivity index is 1.70. The molecule has 2 aromatic rings. The van der Waals surface area contributed by atoms with Crippen molar-refractivity contribution in [3.05, 3.63) is 88.6 Å². The number of aromatic amines is 1. The third kappa shape index (κ3) is 2.99. The molecule has 1 N–H and O–H groups in total. The van der Waals surface area contributed by atoms with Gasteiger partial charge >= 0.3 is 0 Å². The zero-order valence-corrected chi connectivity index (χ0v) is 14.8. The van der Waals surface area contributed by atoms with Crippen LogP contribution in [-0.4, -0.2) is 28.6 Å². The topological polar surface area (TPSA) is 53.9 Å². The van der Waals surface area contributed by atoms with Crippen molar-refractivity contribution in [3.63, 3.8) is 0 Å².